The zero-order valence-electron chi connectivity index (χ0n) is 12.1. The number of methoxy groups -OCH3 is 1. The van der Waals surface area contributed by atoms with Crippen LogP contribution in [0, 0.1) is 0 Å². The molecule has 0 heterocycles. The van der Waals surface area contributed by atoms with Gasteiger partial charge in [0.1, 0.15) is 13.2 Å². The molecule has 1 aromatic rings. The first-order valence-electron chi connectivity index (χ1n) is 6.16. The summed E-state index contributed by atoms with van der Waals surface area (Å²) in [6.45, 7) is 1.72. The number of nitrogens with zero attached hydrogens (tertiary/aromatic N) is 1. The monoisotopic (exact) mass is 389 g/mol. The van der Waals surface area contributed by atoms with Gasteiger partial charge in [-0.15, -0.1) is 0 Å². The highest BCUT2D eigenvalue weighted by Gasteiger charge is 2.09. The predicted molar refractivity (Wildman–Crippen MR) is 90.3 cm³/mol. The number of rotatable bonds is 7. The SMILES string of the molecule is COc1cc(C=NNC(N)=S)c(Br)cc1OCCOC(C)=O. The van der Waals surface area contributed by atoms with E-state index in [1.165, 1.54) is 20.2 Å². The fourth-order valence-corrected chi connectivity index (χ4v) is 1.90. The molecule has 0 aliphatic heterocycles. The molecule has 120 valence electrons. The summed E-state index contributed by atoms with van der Waals surface area (Å²) in [6, 6.07) is 3.46. The van der Waals surface area contributed by atoms with E-state index in [9.17, 15) is 4.79 Å². The highest BCUT2D eigenvalue weighted by molar-refractivity contribution is 9.10. The van der Waals surface area contributed by atoms with E-state index in [4.69, 9.17) is 19.9 Å². The van der Waals surface area contributed by atoms with E-state index in [1.807, 2.05) is 0 Å². The van der Waals surface area contributed by atoms with Gasteiger partial charge in [0.05, 0.1) is 13.3 Å². The van der Waals surface area contributed by atoms with Crippen LogP contribution in [0.2, 0.25) is 0 Å². The number of benzene rings is 1. The van der Waals surface area contributed by atoms with Crippen molar-refractivity contribution in [3.63, 3.8) is 0 Å². The van der Waals surface area contributed by atoms with E-state index in [0.29, 0.717) is 11.5 Å². The number of nitrogens with one attached hydrogen (secondary N) is 1. The van der Waals surface area contributed by atoms with Crippen molar-refractivity contribution < 1.29 is 19.0 Å². The molecule has 0 atom stereocenters. The lowest BCUT2D eigenvalue weighted by Gasteiger charge is -2.12. The second-order valence-electron chi connectivity index (χ2n) is 3.95. The van der Waals surface area contributed by atoms with E-state index in [1.54, 1.807) is 12.1 Å². The first-order valence-corrected chi connectivity index (χ1v) is 7.36. The van der Waals surface area contributed by atoms with Crippen LogP contribution in [0.1, 0.15) is 12.5 Å². The van der Waals surface area contributed by atoms with Gasteiger partial charge in [0.25, 0.3) is 0 Å². The quantitative estimate of drug-likeness (QED) is 0.240. The minimum Gasteiger partial charge on any atom is -0.493 e. The number of hydrogen-bond acceptors (Lipinski definition) is 6. The minimum absolute atomic E-state index is 0.0739. The van der Waals surface area contributed by atoms with Gasteiger partial charge >= 0.3 is 5.97 Å². The van der Waals surface area contributed by atoms with Crippen molar-refractivity contribution in [1.29, 1.82) is 0 Å². The molecule has 9 heteroatoms. The van der Waals surface area contributed by atoms with Crippen LogP contribution in [-0.2, 0) is 9.53 Å². The lowest BCUT2D eigenvalue weighted by Crippen LogP contribution is -2.24. The number of ether oxygens (including phenoxy) is 3. The molecule has 0 saturated heterocycles. The Balaban J connectivity index is 2.79. The Morgan fingerprint density at radius 2 is 2.18 bits per heavy atom. The number of hydrazone groups is 1. The molecule has 22 heavy (non-hydrogen) atoms. The van der Waals surface area contributed by atoms with Crippen molar-refractivity contribution in [2.24, 2.45) is 10.8 Å². The lowest BCUT2D eigenvalue weighted by atomic mass is 10.2. The summed E-state index contributed by atoms with van der Waals surface area (Å²) in [5.41, 5.74) is 8.48. The topological polar surface area (TPSA) is 95.2 Å². The van der Waals surface area contributed by atoms with Gasteiger partial charge in [-0.25, -0.2) is 0 Å². The molecular weight excluding hydrogens is 374 g/mol. The maximum atomic E-state index is 10.7. The summed E-state index contributed by atoms with van der Waals surface area (Å²) in [4.78, 5) is 10.7. The van der Waals surface area contributed by atoms with Crippen LogP contribution in [0.5, 0.6) is 11.5 Å². The Morgan fingerprint density at radius 3 is 2.77 bits per heavy atom. The number of thiocarbonyl (C=S) groups is 1. The second-order valence-corrected chi connectivity index (χ2v) is 5.24. The van der Waals surface area contributed by atoms with Crippen LogP contribution in [0.15, 0.2) is 21.7 Å². The number of nitrogens with two attached hydrogens (primary N) is 1. The zero-order valence-corrected chi connectivity index (χ0v) is 14.5. The molecule has 0 amide bonds. The van der Waals surface area contributed by atoms with Gasteiger partial charge in [-0.3, -0.25) is 10.2 Å². The Bertz CT molecular complexity index is 581. The van der Waals surface area contributed by atoms with Crippen molar-refractivity contribution in [2.75, 3.05) is 20.3 Å². The smallest absolute Gasteiger partial charge is 0.302 e. The fourth-order valence-electron chi connectivity index (χ4n) is 1.42. The first kappa shape index (κ1) is 18.2. The van der Waals surface area contributed by atoms with Gasteiger partial charge in [0.15, 0.2) is 16.6 Å². The number of carbonyl (C=O) groups excluding carboxylic acids is 1. The summed E-state index contributed by atoms with van der Waals surface area (Å²) >= 11 is 8.06. The molecule has 1 rings (SSSR count). The molecular formula is C13H16BrN3O4S. The average molecular weight is 390 g/mol. The van der Waals surface area contributed by atoms with Gasteiger partial charge in [0.2, 0.25) is 0 Å². The van der Waals surface area contributed by atoms with Crippen LogP contribution in [-0.4, -0.2) is 37.6 Å². The van der Waals surface area contributed by atoms with E-state index in [2.05, 4.69) is 38.7 Å². The van der Waals surface area contributed by atoms with Crippen LogP contribution in [0.4, 0.5) is 0 Å². The lowest BCUT2D eigenvalue weighted by molar-refractivity contribution is -0.141. The molecule has 0 bridgehead atoms. The molecule has 0 fully saturated rings. The van der Waals surface area contributed by atoms with Crippen molar-refractivity contribution in [3.05, 3.63) is 22.2 Å². The van der Waals surface area contributed by atoms with Gasteiger partial charge in [-0.05, 0) is 40.3 Å². The van der Waals surface area contributed by atoms with Crippen LogP contribution in [0.3, 0.4) is 0 Å². The summed E-state index contributed by atoms with van der Waals surface area (Å²) < 4.78 is 16.3. The third kappa shape index (κ3) is 6.27. The summed E-state index contributed by atoms with van der Waals surface area (Å²) in [5.74, 6) is 0.678. The average Bonchev–Trinajstić information content (AvgIpc) is 2.45. The molecule has 0 spiro atoms. The highest BCUT2D eigenvalue weighted by atomic mass is 79.9. The number of carbonyl (C=O) groups is 1. The third-order valence-corrected chi connectivity index (χ3v) is 3.09. The maximum absolute atomic E-state index is 10.7. The molecule has 0 aliphatic rings. The number of esters is 1. The van der Waals surface area contributed by atoms with E-state index >= 15 is 0 Å². The van der Waals surface area contributed by atoms with Crippen LogP contribution in [0.25, 0.3) is 0 Å². The summed E-state index contributed by atoms with van der Waals surface area (Å²) in [5, 5.41) is 3.95. The normalized spacial score (nSPS) is 10.3. The van der Waals surface area contributed by atoms with Crippen molar-refractivity contribution in [2.45, 2.75) is 6.92 Å². The second kappa shape index (κ2) is 9.21. The van der Waals surface area contributed by atoms with Gasteiger partial charge in [-0.2, -0.15) is 5.10 Å². The Labute approximate surface area is 141 Å². The molecule has 0 unspecified atom stereocenters. The van der Waals surface area contributed by atoms with Crippen molar-refractivity contribution >= 4 is 45.4 Å². The van der Waals surface area contributed by atoms with Gasteiger partial charge in [0, 0.05) is 17.0 Å². The number of hydrogen-bond donors (Lipinski definition) is 2. The zero-order chi connectivity index (χ0) is 16.5. The van der Waals surface area contributed by atoms with Crippen molar-refractivity contribution in [1.82, 2.24) is 5.43 Å². The minimum atomic E-state index is -0.353. The Hall–Kier alpha value is -1.87. The summed E-state index contributed by atoms with van der Waals surface area (Å²) in [6.07, 6.45) is 1.54. The molecule has 0 radical (unpaired) electrons. The molecule has 7 nitrogen and oxygen atoms in total. The maximum Gasteiger partial charge on any atom is 0.302 e. The van der Waals surface area contributed by atoms with Gasteiger partial charge < -0.3 is 19.9 Å². The Morgan fingerprint density at radius 1 is 1.45 bits per heavy atom. The molecule has 3 N–H and O–H groups in total. The van der Waals surface area contributed by atoms with E-state index in [0.717, 1.165) is 10.0 Å². The Kier molecular flexibility index (Phi) is 7.61. The molecule has 0 saturated carbocycles. The molecule has 0 aromatic heterocycles. The largest absolute Gasteiger partial charge is 0.493 e. The first-order chi connectivity index (χ1) is 10.4. The van der Waals surface area contributed by atoms with Crippen LogP contribution < -0.4 is 20.6 Å². The predicted octanol–water partition coefficient (Wildman–Crippen LogP) is 1.57. The highest BCUT2D eigenvalue weighted by Crippen LogP contribution is 2.32. The summed E-state index contributed by atoms with van der Waals surface area (Å²) in [7, 11) is 1.52. The molecule has 0 aliphatic carbocycles. The van der Waals surface area contributed by atoms with E-state index < -0.39 is 0 Å². The fraction of sp³-hybridized carbons (Fsp3) is 0.308. The third-order valence-electron chi connectivity index (χ3n) is 2.31. The number of halogens is 1. The van der Waals surface area contributed by atoms with Crippen molar-refractivity contribution in [3.8, 4) is 11.5 Å². The molecule has 1 aromatic carbocycles. The van der Waals surface area contributed by atoms with Gasteiger partial charge in [-0.1, -0.05) is 0 Å². The van der Waals surface area contributed by atoms with Crippen LogP contribution >= 0.6 is 28.1 Å². The standard InChI is InChI=1S/C13H16BrN3O4S/c1-8(18)20-3-4-21-12-6-10(14)9(5-11(12)19-2)7-16-17-13(15)22/h5-7H,3-4H2,1-2H3,(H3,15,17,22). The van der Waals surface area contributed by atoms with E-state index in [-0.39, 0.29) is 24.3 Å².